The number of nitrogens with two attached hydrogens (primary N) is 1. The highest BCUT2D eigenvalue weighted by molar-refractivity contribution is 5.75. The Morgan fingerprint density at radius 1 is 1.33 bits per heavy atom. The fraction of sp³-hybridized carbons (Fsp3) is 0.909. The van der Waals surface area contributed by atoms with Crippen LogP contribution in [-0.2, 0) is 14.3 Å². The molecule has 4 nitrogen and oxygen atoms in total. The van der Waals surface area contributed by atoms with Gasteiger partial charge in [0.05, 0.1) is 13.2 Å². The highest BCUT2D eigenvalue weighted by atomic mass is 16.5. The van der Waals surface area contributed by atoms with Gasteiger partial charge < -0.3 is 15.2 Å². The van der Waals surface area contributed by atoms with E-state index in [2.05, 4.69) is 18.6 Å². The Bertz CT molecular complexity index is 183. The van der Waals surface area contributed by atoms with Gasteiger partial charge in [-0.2, -0.15) is 0 Å². The monoisotopic (exact) mass is 217 g/mol. The minimum absolute atomic E-state index is 0.217. The molecule has 2 unspecified atom stereocenters. The van der Waals surface area contributed by atoms with Gasteiger partial charge in [0, 0.05) is 6.61 Å². The summed E-state index contributed by atoms with van der Waals surface area (Å²) in [5.41, 5.74) is 5.56. The van der Waals surface area contributed by atoms with Gasteiger partial charge in [-0.05, 0) is 25.7 Å². The van der Waals surface area contributed by atoms with E-state index in [4.69, 9.17) is 10.5 Å². The minimum Gasteiger partial charge on any atom is -0.468 e. The van der Waals surface area contributed by atoms with Crippen molar-refractivity contribution in [3.63, 3.8) is 0 Å². The topological polar surface area (TPSA) is 61.5 Å². The summed E-state index contributed by atoms with van der Waals surface area (Å²) >= 11 is 0. The van der Waals surface area contributed by atoms with Crippen LogP contribution in [0.2, 0.25) is 0 Å². The number of hydrogen-bond donors (Lipinski definition) is 1. The van der Waals surface area contributed by atoms with Crippen molar-refractivity contribution < 1.29 is 14.3 Å². The van der Waals surface area contributed by atoms with Crippen LogP contribution in [0.5, 0.6) is 0 Å². The van der Waals surface area contributed by atoms with Gasteiger partial charge in [-0.3, -0.25) is 4.79 Å². The van der Waals surface area contributed by atoms with Crippen molar-refractivity contribution in [2.75, 3.05) is 13.7 Å². The summed E-state index contributed by atoms with van der Waals surface area (Å²) in [5, 5.41) is 0. The molecule has 15 heavy (non-hydrogen) atoms. The van der Waals surface area contributed by atoms with Gasteiger partial charge >= 0.3 is 5.97 Å². The number of carbonyl (C=O) groups is 1. The van der Waals surface area contributed by atoms with Gasteiger partial charge in [-0.1, -0.05) is 13.8 Å². The number of methoxy groups -OCH3 is 1. The van der Waals surface area contributed by atoms with Crippen LogP contribution < -0.4 is 5.73 Å². The predicted molar refractivity (Wildman–Crippen MR) is 59.5 cm³/mol. The van der Waals surface area contributed by atoms with E-state index in [9.17, 15) is 4.79 Å². The van der Waals surface area contributed by atoms with Crippen molar-refractivity contribution in [3.8, 4) is 0 Å². The van der Waals surface area contributed by atoms with Crippen molar-refractivity contribution in [2.45, 2.75) is 45.8 Å². The van der Waals surface area contributed by atoms with Crippen LogP contribution >= 0.6 is 0 Å². The van der Waals surface area contributed by atoms with Gasteiger partial charge in [0.1, 0.15) is 6.04 Å². The van der Waals surface area contributed by atoms with Crippen molar-refractivity contribution in [2.24, 2.45) is 11.7 Å². The average Bonchev–Trinajstić information content (AvgIpc) is 2.15. The number of rotatable bonds is 7. The summed E-state index contributed by atoms with van der Waals surface area (Å²) in [6.07, 6.45) is 1.75. The van der Waals surface area contributed by atoms with Gasteiger partial charge in [0.15, 0.2) is 0 Å². The molecule has 0 saturated heterocycles. The molecule has 0 saturated carbocycles. The van der Waals surface area contributed by atoms with Crippen LogP contribution in [0.3, 0.4) is 0 Å². The van der Waals surface area contributed by atoms with Crippen molar-refractivity contribution >= 4 is 5.97 Å². The first-order valence-corrected chi connectivity index (χ1v) is 5.42. The fourth-order valence-electron chi connectivity index (χ4n) is 1.40. The number of esters is 1. The van der Waals surface area contributed by atoms with Gasteiger partial charge in [0.2, 0.25) is 0 Å². The van der Waals surface area contributed by atoms with Crippen molar-refractivity contribution in [1.82, 2.24) is 0 Å². The zero-order valence-electron chi connectivity index (χ0n) is 10.2. The normalized spacial score (nSPS) is 15.1. The molecule has 2 N–H and O–H groups in total. The molecule has 0 aliphatic carbocycles. The molecule has 0 aliphatic heterocycles. The summed E-state index contributed by atoms with van der Waals surface area (Å²) in [7, 11) is 1.34. The average molecular weight is 217 g/mol. The Balaban J connectivity index is 3.56. The Morgan fingerprint density at radius 2 is 1.93 bits per heavy atom. The number of carbonyl (C=O) groups excluding carboxylic acids is 1. The lowest BCUT2D eigenvalue weighted by atomic mass is 10.1. The van der Waals surface area contributed by atoms with Crippen molar-refractivity contribution in [1.29, 1.82) is 0 Å². The molecule has 0 bridgehead atoms. The minimum atomic E-state index is -0.568. The van der Waals surface area contributed by atoms with E-state index < -0.39 is 6.04 Å². The maximum atomic E-state index is 11.0. The lowest BCUT2D eigenvalue weighted by Crippen LogP contribution is -2.33. The third kappa shape index (κ3) is 7.33. The maximum absolute atomic E-state index is 11.0. The van der Waals surface area contributed by atoms with Gasteiger partial charge in [0.25, 0.3) is 0 Å². The zero-order valence-corrected chi connectivity index (χ0v) is 10.2. The standard InChI is InChI=1S/C11H23NO3/c1-8(2)7-9(3)15-6-5-10(12)11(13)14-4/h8-10H,5-7,12H2,1-4H3. The van der Waals surface area contributed by atoms with Crippen molar-refractivity contribution in [3.05, 3.63) is 0 Å². The summed E-state index contributed by atoms with van der Waals surface area (Å²) in [4.78, 5) is 11.0. The summed E-state index contributed by atoms with van der Waals surface area (Å²) < 4.78 is 10.0. The zero-order chi connectivity index (χ0) is 11.8. The molecule has 0 radical (unpaired) electrons. The number of ether oxygens (including phenoxy) is 2. The second-order valence-electron chi connectivity index (χ2n) is 4.23. The van der Waals surface area contributed by atoms with Crippen LogP contribution in [0.15, 0.2) is 0 Å². The predicted octanol–water partition coefficient (Wildman–Crippen LogP) is 1.33. The first-order chi connectivity index (χ1) is 6.97. The third-order valence-electron chi connectivity index (χ3n) is 2.14. The molecule has 0 fully saturated rings. The molecule has 4 heteroatoms. The molecule has 0 amide bonds. The van der Waals surface area contributed by atoms with Crippen LogP contribution in [0.1, 0.15) is 33.6 Å². The second-order valence-corrected chi connectivity index (χ2v) is 4.23. The molecule has 0 aromatic rings. The first kappa shape index (κ1) is 14.4. The van der Waals surface area contributed by atoms with E-state index in [-0.39, 0.29) is 12.1 Å². The van der Waals surface area contributed by atoms with Crippen LogP contribution in [0.4, 0.5) is 0 Å². The lowest BCUT2D eigenvalue weighted by Gasteiger charge is -2.16. The molecule has 0 spiro atoms. The van der Waals surface area contributed by atoms with E-state index in [1.165, 1.54) is 7.11 Å². The largest absolute Gasteiger partial charge is 0.468 e. The molecule has 0 aromatic heterocycles. The lowest BCUT2D eigenvalue weighted by molar-refractivity contribution is -0.142. The SMILES string of the molecule is COC(=O)C(N)CCOC(C)CC(C)C. The van der Waals surface area contributed by atoms with Gasteiger partial charge in [-0.25, -0.2) is 0 Å². The third-order valence-corrected chi connectivity index (χ3v) is 2.14. The molecule has 90 valence electrons. The highest BCUT2D eigenvalue weighted by Gasteiger charge is 2.14. The van der Waals surface area contributed by atoms with Crippen LogP contribution in [0, 0.1) is 5.92 Å². The summed E-state index contributed by atoms with van der Waals surface area (Å²) in [6, 6.07) is -0.568. The Labute approximate surface area is 92.1 Å². The van der Waals surface area contributed by atoms with E-state index in [1.54, 1.807) is 0 Å². The Kier molecular flexibility index (Phi) is 7.34. The van der Waals surface area contributed by atoms with E-state index >= 15 is 0 Å². The molecular weight excluding hydrogens is 194 g/mol. The van der Waals surface area contributed by atoms with Gasteiger partial charge in [-0.15, -0.1) is 0 Å². The summed E-state index contributed by atoms with van der Waals surface area (Å²) in [5.74, 6) is 0.240. The Hall–Kier alpha value is -0.610. The maximum Gasteiger partial charge on any atom is 0.322 e. The van der Waals surface area contributed by atoms with E-state index in [1.807, 2.05) is 6.92 Å². The number of hydrogen-bond acceptors (Lipinski definition) is 4. The molecule has 0 aromatic carbocycles. The Morgan fingerprint density at radius 3 is 2.40 bits per heavy atom. The first-order valence-electron chi connectivity index (χ1n) is 5.42. The van der Waals surface area contributed by atoms with E-state index in [0.717, 1.165) is 6.42 Å². The second kappa shape index (κ2) is 7.65. The van der Waals surface area contributed by atoms with E-state index in [0.29, 0.717) is 18.9 Å². The molecule has 0 heterocycles. The molecule has 0 aliphatic rings. The molecular formula is C11H23NO3. The quantitative estimate of drug-likeness (QED) is 0.653. The van der Waals surface area contributed by atoms with Crippen LogP contribution in [-0.4, -0.2) is 31.8 Å². The fourth-order valence-corrected chi connectivity index (χ4v) is 1.40. The summed E-state index contributed by atoms with van der Waals surface area (Å²) in [6.45, 7) is 6.84. The molecule has 2 atom stereocenters. The highest BCUT2D eigenvalue weighted by Crippen LogP contribution is 2.08. The smallest absolute Gasteiger partial charge is 0.322 e. The van der Waals surface area contributed by atoms with Crippen LogP contribution in [0.25, 0.3) is 0 Å². The molecule has 0 rings (SSSR count).